The average molecular weight is 553 g/mol. The van der Waals surface area contributed by atoms with E-state index >= 15 is 0 Å². The third-order valence-electron chi connectivity index (χ3n) is 10.6. The standard InChI is InChI=1S/C31H40N2O7/c1-29-12-10-21(34)15-19(29)6-7-22-23-11-13-31(39,30(23,2)16-24(35)28(22)29)25(36)18-40-27(38)9-8-26(37)33-17-20-5-3-4-14-32-20/h3-5,14-15,22-24,28,35,39H,6-13,16-18H2,1-2H3,(H,33,37)/t22-,23-,24+,28+,29+,30+,31+/m1/s1. The molecule has 4 aliphatic rings. The molecule has 0 unspecified atom stereocenters. The molecule has 9 nitrogen and oxygen atoms in total. The van der Waals surface area contributed by atoms with Crippen LogP contribution in [-0.4, -0.2) is 57.0 Å². The van der Waals surface area contributed by atoms with Crippen LogP contribution in [0.1, 0.15) is 77.3 Å². The Morgan fingerprint density at radius 2 is 1.93 bits per heavy atom. The fourth-order valence-electron chi connectivity index (χ4n) is 8.48. The number of fused-ring (bicyclic) bond motifs is 5. The number of Topliss-reactive ketones (excluding diaryl/α,β-unsaturated/α-hetero) is 1. The zero-order chi connectivity index (χ0) is 28.7. The smallest absolute Gasteiger partial charge is 0.306 e. The summed E-state index contributed by atoms with van der Waals surface area (Å²) in [7, 11) is 0. The summed E-state index contributed by atoms with van der Waals surface area (Å²) in [4.78, 5) is 54.0. The molecule has 9 heteroatoms. The SMILES string of the molecule is C[C@]12CCC(=O)C=C1CC[C@H]1[C@H]2[C@@H](O)C[C@@]2(C)[C@@H]1CC[C@]2(O)C(=O)COC(=O)CCC(=O)NCc1ccccn1. The molecule has 0 bridgehead atoms. The van der Waals surface area contributed by atoms with Crippen molar-refractivity contribution in [2.75, 3.05) is 6.61 Å². The van der Waals surface area contributed by atoms with Crippen LogP contribution in [0, 0.1) is 28.6 Å². The number of nitrogens with one attached hydrogen (secondary N) is 1. The molecule has 3 saturated carbocycles. The quantitative estimate of drug-likeness (QED) is 0.418. The van der Waals surface area contributed by atoms with Gasteiger partial charge in [-0.15, -0.1) is 0 Å². The number of ketones is 2. The first-order valence-electron chi connectivity index (χ1n) is 14.5. The zero-order valence-corrected chi connectivity index (χ0v) is 23.4. The topological polar surface area (TPSA) is 143 Å². The number of aliphatic hydroxyl groups excluding tert-OH is 1. The Kier molecular flexibility index (Phi) is 7.74. The number of aromatic nitrogens is 1. The summed E-state index contributed by atoms with van der Waals surface area (Å²) < 4.78 is 5.21. The van der Waals surface area contributed by atoms with Crippen molar-refractivity contribution < 1.29 is 34.1 Å². The number of nitrogens with zero attached hydrogens (tertiary/aromatic N) is 1. The summed E-state index contributed by atoms with van der Waals surface area (Å²) in [6, 6.07) is 5.38. The molecule has 0 spiro atoms. The number of ether oxygens (including phenoxy) is 1. The molecule has 1 aromatic rings. The van der Waals surface area contributed by atoms with Gasteiger partial charge in [0.05, 0.1) is 24.8 Å². The molecule has 216 valence electrons. The lowest BCUT2D eigenvalue weighted by Crippen LogP contribution is -2.62. The number of carbonyl (C=O) groups excluding carboxylic acids is 4. The molecule has 0 saturated heterocycles. The van der Waals surface area contributed by atoms with Gasteiger partial charge in [0.1, 0.15) is 5.60 Å². The van der Waals surface area contributed by atoms with E-state index in [1.165, 1.54) is 0 Å². The number of hydrogen-bond acceptors (Lipinski definition) is 8. The Hall–Kier alpha value is -2.91. The highest BCUT2D eigenvalue weighted by Gasteiger charge is 2.68. The van der Waals surface area contributed by atoms with Gasteiger partial charge in [-0.25, -0.2) is 0 Å². The number of esters is 1. The van der Waals surface area contributed by atoms with Gasteiger partial charge in [0.2, 0.25) is 11.7 Å². The van der Waals surface area contributed by atoms with Gasteiger partial charge in [0.15, 0.2) is 12.4 Å². The van der Waals surface area contributed by atoms with E-state index in [1.54, 1.807) is 24.4 Å². The molecule has 3 fully saturated rings. The molecule has 40 heavy (non-hydrogen) atoms. The van der Waals surface area contributed by atoms with Crippen molar-refractivity contribution in [1.82, 2.24) is 10.3 Å². The second-order valence-electron chi connectivity index (χ2n) is 12.7. The van der Waals surface area contributed by atoms with E-state index in [-0.39, 0.29) is 67.1 Å². The van der Waals surface area contributed by atoms with Crippen LogP contribution in [0.5, 0.6) is 0 Å². The fraction of sp³-hybridized carbons (Fsp3) is 0.645. The van der Waals surface area contributed by atoms with E-state index in [9.17, 15) is 29.4 Å². The molecule has 1 aromatic heterocycles. The van der Waals surface area contributed by atoms with Gasteiger partial charge in [0, 0.05) is 24.5 Å². The molecular formula is C31H40N2O7. The summed E-state index contributed by atoms with van der Waals surface area (Å²) in [5, 5.41) is 26.0. The van der Waals surface area contributed by atoms with Crippen LogP contribution in [-0.2, 0) is 30.5 Å². The van der Waals surface area contributed by atoms with Gasteiger partial charge in [-0.1, -0.05) is 25.5 Å². The number of rotatable bonds is 8. The van der Waals surface area contributed by atoms with E-state index in [2.05, 4.69) is 17.2 Å². The fourth-order valence-corrected chi connectivity index (χ4v) is 8.48. The largest absolute Gasteiger partial charge is 0.458 e. The highest BCUT2D eigenvalue weighted by Crippen LogP contribution is 2.67. The Morgan fingerprint density at radius 1 is 1.12 bits per heavy atom. The van der Waals surface area contributed by atoms with Crippen LogP contribution in [0.4, 0.5) is 0 Å². The van der Waals surface area contributed by atoms with E-state index in [0.717, 1.165) is 24.8 Å². The third-order valence-corrected chi connectivity index (χ3v) is 10.6. The van der Waals surface area contributed by atoms with Gasteiger partial charge in [0.25, 0.3) is 0 Å². The van der Waals surface area contributed by atoms with E-state index < -0.39 is 35.5 Å². The van der Waals surface area contributed by atoms with Gasteiger partial charge >= 0.3 is 5.97 Å². The molecule has 7 atom stereocenters. The van der Waals surface area contributed by atoms with Crippen molar-refractivity contribution in [2.24, 2.45) is 28.6 Å². The van der Waals surface area contributed by atoms with Crippen LogP contribution >= 0.6 is 0 Å². The number of hydrogen-bond donors (Lipinski definition) is 3. The maximum atomic E-state index is 13.4. The van der Waals surface area contributed by atoms with Crippen LogP contribution < -0.4 is 5.32 Å². The Bertz CT molecular complexity index is 1220. The molecule has 3 N–H and O–H groups in total. The molecular weight excluding hydrogens is 512 g/mol. The molecule has 1 heterocycles. The van der Waals surface area contributed by atoms with E-state index in [1.807, 2.05) is 13.0 Å². The number of allylic oxidation sites excluding steroid dienone is 1. The maximum absolute atomic E-state index is 13.4. The van der Waals surface area contributed by atoms with Gasteiger partial charge in [-0.3, -0.25) is 24.2 Å². The molecule has 0 aromatic carbocycles. The number of pyridine rings is 1. The lowest BCUT2D eigenvalue weighted by atomic mass is 9.45. The minimum Gasteiger partial charge on any atom is -0.458 e. The average Bonchev–Trinajstić information content (AvgIpc) is 3.20. The monoisotopic (exact) mass is 552 g/mol. The lowest BCUT2D eigenvalue weighted by Gasteiger charge is -2.60. The first-order valence-corrected chi connectivity index (χ1v) is 14.5. The van der Waals surface area contributed by atoms with Gasteiger partial charge in [-0.05, 0) is 79.9 Å². The number of amides is 1. The Balaban J connectivity index is 1.18. The van der Waals surface area contributed by atoms with Crippen molar-refractivity contribution in [3.05, 3.63) is 41.7 Å². The molecule has 0 aliphatic heterocycles. The normalized spacial score (nSPS) is 36.5. The van der Waals surface area contributed by atoms with Crippen molar-refractivity contribution in [1.29, 1.82) is 0 Å². The van der Waals surface area contributed by atoms with Crippen LogP contribution in [0.3, 0.4) is 0 Å². The van der Waals surface area contributed by atoms with Crippen LogP contribution in [0.15, 0.2) is 36.0 Å². The lowest BCUT2D eigenvalue weighted by molar-refractivity contribution is -0.184. The van der Waals surface area contributed by atoms with Gasteiger partial charge in [-0.2, -0.15) is 0 Å². The Morgan fingerprint density at radius 3 is 2.67 bits per heavy atom. The molecule has 1 amide bonds. The highest BCUT2D eigenvalue weighted by molar-refractivity contribution is 5.92. The molecule has 0 radical (unpaired) electrons. The van der Waals surface area contributed by atoms with Crippen molar-refractivity contribution in [2.45, 2.75) is 89.9 Å². The number of carbonyl (C=O) groups is 4. The maximum Gasteiger partial charge on any atom is 0.306 e. The van der Waals surface area contributed by atoms with Crippen molar-refractivity contribution in [3.8, 4) is 0 Å². The predicted molar refractivity (Wildman–Crippen MR) is 144 cm³/mol. The summed E-state index contributed by atoms with van der Waals surface area (Å²) in [6.07, 6.45) is 6.45. The summed E-state index contributed by atoms with van der Waals surface area (Å²) in [5.41, 5.74) is -0.961. The van der Waals surface area contributed by atoms with Crippen LogP contribution in [0.25, 0.3) is 0 Å². The van der Waals surface area contributed by atoms with Crippen molar-refractivity contribution in [3.63, 3.8) is 0 Å². The summed E-state index contributed by atoms with van der Waals surface area (Å²) in [5.74, 6) is -1.24. The first kappa shape index (κ1) is 28.6. The highest BCUT2D eigenvalue weighted by atomic mass is 16.5. The predicted octanol–water partition coefficient (Wildman–Crippen LogP) is 2.82. The van der Waals surface area contributed by atoms with Gasteiger partial charge < -0.3 is 20.3 Å². The summed E-state index contributed by atoms with van der Waals surface area (Å²) in [6.45, 7) is 3.75. The third kappa shape index (κ3) is 4.91. The summed E-state index contributed by atoms with van der Waals surface area (Å²) >= 11 is 0. The van der Waals surface area contributed by atoms with E-state index in [4.69, 9.17) is 4.74 Å². The molecule has 5 rings (SSSR count). The minimum absolute atomic E-state index is 0.0160. The minimum atomic E-state index is -1.70. The van der Waals surface area contributed by atoms with E-state index in [0.29, 0.717) is 18.5 Å². The number of aliphatic hydroxyl groups is 2. The second kappa shape index (κ2) is 10.8. The first-order chi connectivity index (χ1) is 19.0. The second-order valence-corrected chi connectivity index (χ2v) is 12.7. The van der Waals surface area contributed by atoms with Crippen LogP contribution in [0.2, 0.25) is 0 Å². The molecule has 4 aliphatic carbocycles. The zero-order valence-electron chi connectivity index (χ0n) is 23.4. The van der Waals surface area contributed by atoms with Crippen molar-refractivity contribution >= 4 is 23.4 Å². The Labute approximate surface area is 234 Å².